The molecule has 1 amide bonds. The number of H-pyrrole nitrogens is 1. The van der Waals surface area contributed by atoms with Gasteiger partial charge in [0.1, 0.15) is 17.3 Å². The highest BCUT2D eigenvalue weighted by Crippen LogP contribution is 2.39. The van der Waals surface area contributed by atoms with Gasteiger partial charge >= 0.3 is 0 Å². The van der Waals surface area contributed by atoms with E-state index in [0.717, 1.165) is 22.2 Å². The first kappa shape index (κ1) is 23.2. The van der Waals surface area contributed by atoms with Gasteiger partial charge in [-0.2, -0.15) is 0 Å². The summed E-state index contributed by atoms with van der Waals surface area (Å²) in [5, 5.41) is 12.2. The van der Waals surface area contributed by atoms with Crippen LogP contribution in [0.2, 0.25) is 0 Å². The summed E-state index contributed by atoms with van der Waals surface area (Å²) in [6.45, 7) is 0.267. The van der Waals surface area contributed by atoms with Crippen molar-refractivity contribution in [3.8, 4) is 11.5 Å². The fraction of sp³-hybridized carbons (Fsp3) is 0.179. The maximum Gasteiger partial charge on any atom is 0.295 e. The number of likely N-dealkylation sites (tertiary alicyclic amines) is 1. The number of Topliss-reactive ketones (excluding diaryl/α,β-unsaturated/α-hetero) is 1. The standard InChI is InChI=1S/C28H25N3O5/c1-35-20-7-3-5-17(13-20)26(32)24-25(19-6-4-11-29-15-19)31(28(34)27(24)33)12-10-18-16-30-23-9-8-21(36-2)14-22(18)23/h3-9,11,13-16,25,30,32H,10,12H2,1-2H3/b26-24-. The average Bonchev–Trinajstić information content (AvgIpc) is 3.44. The van der Waals surface area contributed by atoms with Crippen LogP contribution in [0.3, 0.4) is 0 Å². The zero-order valence-corrected chi connectivity index (χ0v) is 19.9. The van der Waals surface area contributed by atoms with E-state index in [0.29, 0.717) is 23.3 Å². The van der Waals surface area contributed by atoms with Gasteiger partial charge in [-0.15, -0.1) is 0 Å². The number of ketones is 1. The van der Waals surface area contributed by atoms with Gasteiger partial charge in [0.15, 0.2) is 0 Å². The number of carbonyl (C=O) groups excluding carboxylic acids is 2. The summed E-state index contributed by atoms with van der Waals surface area (Å²) in [6.07, 6.45) is 5.63. The summed E-state index contributed by atoms with van der Waals surface area (Å²) >= 11 is 0. The topological polar surface area (TPSA) is 105 Å². The number of hydrogen-bond donors (Lipinski definition) is 2. The number of rotatable bonds is 7. The van der Waals surface area contributed by atoms with Crippen LogP contribution >= 0.6 is 0 Å². The quantitative estimate of drug-likeness (QED) is 0.231. The highest BCUT2D eigenvalue weighted by atomic mass is 16.5. The van der Waals surface area contributed by atoms with Crippen molar-refractivity contribution in [1.82, 2.24) is 14.9 Å². The van der Waals surface area contributed by atoms with Crippen LogP contribution in [0, 0.1) is 0 Å². The molecule has 3 heterocycles. The Bertz CT molecular complexity index is 1480. The second kappa shape index (κ2) is 9.58. The molecule has 1 saturated heterocycles. The third-order valence-electron chi connectivity index (χ3n) is 6.48. The van der Waals surface area contributed by atoms with Gasteiger partial charge in [0.2, 0.25) is 0 Å². The van der Waals surface area contributed by atoms with E-state index in [1.807, 2.05) is 24.4 Å². The lowest BCUT2D eigenvalue weighted by atomic mass is 9.96. The lowest BCUT2D eigenvalue weighted by Gasteiger charge is -2.25. The minimum atomic E-state index is -0.773. The van der Waals surface area contributed by atoms with Crippen molar-refractivity contribution in [2.45, 2.75) is 12.5 Å². The molecule has 0 radical (unpaired) electrons. The third-order valence-corrected chi connectivity index (χ3v) is 6.48. The molecule has 1 fully saturated rings. The Morgan fingerprint density at radius 3 is 2.61 bits per heavy atom. The van der Waals surface area contributed by atoms with Gasteiger partial charge in [0.25, 0.3) is 11.7 Å². The Balaban J connectivity index is 1.54. The zero-order valence-electron chi connectivity index (χ0n) is 19.9. The van der Waals surface area contributed by atoms with E-state index in [1.165, 1.54) is 12.0 Å². The molecule has 1 atom stereocenters. The van der Waals surface area contributed by atoms with Crippen LogP contribution in [0.4, 0.5) is 0 Å². The molecule has 0 spiro atoms. The van der Waals surface area contributed by atoms with Crippen LogP contribution in [-0.2, 0) is 16.0 Å². The van der Waals surface area contributed by atoms with E-state index >= 15 is 0 Å². The summed E-state index contributed by atoms with van der Waals surface area (Å²) < 4.78 is 10.6. The minimum absolute atomic E-state index is 0.0295. The highest BCUT2D eigenvalue weighted by molar-refractivity contribution is 6.46. The molecule has 1 unspecified atom stereocenters. The van der Waals surface area contributed by atoms with Crippen molar-refractivity contribution in [2.75, 3.05) is 20.8 Å². The van der Waals surface area contributed by atoms with E-state index in [9.17, 15) is 14.7 Å². The molecule has 4 aromatic rings. The molecule has 0 bridgehead atoms. The second-order valence-electron chi connectivity index (χ2n) is 8.49. The number of nitrogens with one attached hydrogen (secondary N) is 1. The van der Waals surface area contributed by atoms with Crippen LogP contribution in [-0.4, -0.2) is 52.4 Å². The lowest BCUT2D eigenvalue weighted by Crippen LogP contribution is -2.31. The fourth-order valence-electron chi connectivity index (χ4n) is 4.65. The number of hydrogen-bond acceptors (Lipinski definition) is 6. The van der Waals surface area contributed by atoms with Gasteiger partial charge < -0.3 is 24.5 Å². The number of aliphatic hydroxyl groups is 1. The molecule has 182 valence electrons. The molecule has 8 heteroatoms. The predicted octanol–water partition coefficient (Wildman–Crippen LogP) is 4.24. The summed E-state index contributed by atoms with van der Waals surface area (Å²) in [4.78, 5) is 35.4. The number of benzene rings is 2. The van der Waals surface area contributed by atoms with E-state index in [2.05, 4.69) is 9.97 Å². The largest absolute Gasteiger partial charge is 0.507 e. The number of nitrogens with zero attached hydrogens (tertiary/aromatic N) is 2. The van der Waals surface area contributed by atoms with Crippen molar-refractivity contribution in [3.05, 3.63) is 95.5 Å². The van der Waals surface area contributed by atoms with Gasteiger partial charge in [-0.25, -0.2) is 0 Å². The third kappa shape index (κ3) is 4.07. The number of methoxy groups -OCH3 is 2. The molecule has 0 aliphatic carbocycles. The van der Waals surface area contributed by atoms with Crippen molar-refractivity contribution >= 4 is 28.4 Å². The average molecular weight is 484 g/mol. The van der Waals surface area contributed by atoms with Crippen molar-refractivity contribution < 1.29 is 24.2 Å². The Hall–Kier alpha value is -4.59. The molecule has 8 nitrogen and oxygen atoms in total. The molecule has 2 aromatic carbocycles. The molecule has 5 rings (SSSR count). The van der Waals surface area contributed by atoms with Gasteiger partial charge in [-0.1, -0.05) is 18.2 Å². The van der Waals surface area contributed by atoms with E-state index in [1.54, 1.807) is 55.9 Å². The zero-order chi connectivity index (χ0) is 25.2. The van der Waals surface area contributed by atoms with Crippen LogP contribution in [0.1, 0.15) is 22.7 Å². The number of aromatic nitrogens is 2. The Kier molecular flexibility index (Phi) is 6.16. The molecular weight excluding hydrogens is 458 g/mol. The van der Waals surface area contributed by atoms with Crippen LogP contribution < -0.4 is 9.47 Å². The van der Waals surface area contributed by atoms with E-state index in [-0.39, 0.29) is 17.9 Å². The Morgan fingerprint density at radius 1 is 1.06 bits per heavy atom. The van der Waals surface area contributed by atoms with Crippen LogP contribution in [0.15, 0.2) is 78.8 Å². The molecule has 2 aromatic heterocycles. The number of pyridine rings is 1. The van der Waals surface area contributed by atoms with Crippen LogP contribution in [0.5, 0.6) is 11.5 Å². The van der Waals surface area contributed by atoms with Crippen molar-refractivity contribution in [2.24, 2.45) is 0 Å². The number of amides is 1. The van der Waals surface area contributed by atoms with Crippen LogP contribution in [0.25, 0.3) is 16.7 Å². The molecule has 1 aliphatic rings. The monoisotopic (exact) mass is 483 g/mol. The molecule has 0 saturated carbocycles. The van der Waals surface area contributed by atoms with E-state index in [4.69, 9.17) is 9.47 Å². The van der Waals surface area contributed by atoms with E-state index < -0.39 is 17.7 Å². The lowest BCUT2D eigenvalue weighted by molar-refractivity contribution is -0.139. The summed E-state index contributed by atoms with van der Waals surface area (Å²) in [7, 11) is 3.14. The second-order valence-corrected chi connectivity index (χ2v) is 8.49. The minimum Gasteiger partial charge on any atom is -0.507 e. The van der Waals surface area contributed by atoms with Crippen molar-refractivity contribution in [3.63, 3.8) is 0 Å². The number of aromatic amines is 1. The van der Waals surface area contributed by atoms with Gasteiger partial charge in [0, 0.05) is 41.6 Å². The Morgan fingerprint density at radius 2 is 1.86 bits per heavy atom. The first-order valence-corrected chi connectivity index (χ1v) is 11.5. The Labute approximate surface area is 207 Å². The SMILES string of the molecule is COc1cccc(/C(O)=C2/C(=O)C(=O)N(CCc3c[nH]c4ccc(OC)cc34)C2c2cccnc2)c1. The predicted molar refractivity (Wildman–Crippen MR) is 135 cm³/mol. The summed E-state index contributed by atoms with van der Waals surface area (Å²) in [5.74, 6) is -0.380. The summed E-state index contributed by atoms with van der Waals surface area (Å²) in [5.41, 5.74) is 3.01. The molecule has 36 heavy (non-hydrogen) atoms. The number of carbonyl (C=O) groups is 2. The molecule has 2 N–H and O–H groups in total. The smallest absolute Gasteiger partial charge is 0.295 e. The summed E-state index contributed by atoms with van der Waals surface area (Å²) in [6, 6.07) is 15.3. The first-order chi connectivity index (χ1) is 17.5. The highest BCUT2D eigenvalue weighted by Gasteiger charge is 2.46. The van der Waals surface area contributed by atoms with Crippen molar-refractivity contribution in [1.29, 1.82) is 0 Å². The first-order valence-electron chi connectivity index (χ1n) is 11.5. The van der Waals surface area contributed by atoms with Gasteiger partial charge in [-0.3, -0.25) is 14.6 Å². The van der Waals surface area contributed by atoms with Gasteiger partial charge in [0.05, 0.1) is 25.8 Å². The number of ether oxygens (including phenoxy) is 2. The molecule has 1 aliphatic heterocycles. The number of aliphatic hydroxyl groups excluding tert-OH is 1. The van der Waals surface area contributed by atoms with Gasteiger partial charge in [-0.05, 0) is 53.9 Å². The maximum absolute atomic E-state index is 13.2. The molecular formula is C28H25N3O5. The number of fused-ring (bicyclic) bond motifs is 1. The normalized spacial score (nSPS) is 17.1. The fourth-order valence-corrected chi connectivity index (χ4v) is 4.65. The maximum atomic E-state index is 13.2.